The van der Waals surface area contributed by atoms with E-state index in [2.05, 4.69) is 10.5 Å². The van der Waals surface area contributed by atoms with Crippen molar-refractivity contribution in [2.75, 3.05) is 11.9 Å². The molecule has 5 rings (SSSR count). The van der Waals surface area contributed by atoms with Gasteiger partial charge >= 0.3 is 5.97 Å². The molecule has 204 valence electrons. The van der Waals surface area contributed by atoms with E-state index >= 15 is 0 Å². The van der Waals surface area contributed by atoms with Crippen molar-refractivity contribution in [2.24, 2.45) is 0 Å². The third-order valence-corrected chi connectivity index (χ3v) is 7.41. The summed E-state index contributed by atoms with van der Waals surface area (Å²) in [4.78, 5) is 53.0. The summed E-state index contributed by atoms with van der Waals surface area (Å²) in [6, 6.07) is 14.7. The number of ether oxygens (including phenoxy) is 2. The summed E-state index contributed by atoms with van der Waals surface area (Å²) in [5.41, 5.74) is 2.78. The van der Waals surface area contributed by atoms with E-state index in [9.17, 15) is 19.2 Å². The number of thiophene rings is 1. The molecular weight excluding hydrogens is 534 g/mol. The first-order valence-electron chi connectivity index (χ1n) is 12.5. The number of benzene rings is 2. The predicted molar refractivity (Wildman–Crippen MR) is 146 cm³/mol. The Labute approximate surface area is 233 Å². The molecule has 4 aromatic rings. The Bertz CT molecular complexity index is 1570. The van der Waals surface area contributed by atoms with Gasteiger partial charge in [0.1, 0.15) is 23.1 Å². The summed E-state index contributed by atoms with van der Waals surface area (Å²) in [7, 11) is 0. The second-order valence-corrected chi connectivity index (χ2v) is 10.1. The Balaban J connectivity index is 1.31. The highest BCUT2D eigenvalue weighted by atomic mass is 32.1. The number of nitrogens with one attached hydrogen (secondary N) is 1. The molecule has 1 aliphatic rings. The number of aromatic nitrogens is 1. The molecular formula is C29H25N3O7S. The maximum Gasteiger partial charge on any atom is 0.341 e. The van der Waals surface area contributed by atoms with Crippen LogP contribution in [0.15, 0.2) is 59.1 Å². The Hall–Kier alpha value is -4.77. The molecule has 0 atom stereocenters. The number of anilines is 1. The highest BCUT2D eigenvalue weighted by molar-refractivity contribution is 7.16. The maximum absolute atomic E-state index is 13.1. The van der Waals surface area contributed by atoms with E-state index < -0.39 is 23.7 Å². The monoisotopic (exact) mass is 559 g/mol. The highest BCUT2D eigenvalue weighted by Crippen LogP contribution is 2.33. The number of carbonyl (C=O) groups excluding carboxylic acids is 4. The number of imide groups is 1. The van der Waals surface area contributed by atoms with E-state index in [0.717, 1.165) is 27.5 Å². The van der Waals surface area contributed by atoms with Crippen LogP contribution in [0, 0.1) is 13.8 Å². The van der Waals surface area contributed by atoms with Gasteiger partial charge < -0.3 is 19.3 Å². The zero-order chi connectivity index (χ0) is 28.4. The van der Waals surface area contributed by atoms with Crippen LogP contribution >= 0.6 is 11.3 Å². The van der Waals surface area contributed by atoms with Crippen LogP contribution in [0.1, 0.15) is 70.3 Å². The van der Waals surface area contributed by atoms with E-state index in [4.69, 9.17) is 14.0 Å². The largest absolute Gasteiger partial charge is 0.489 e. The molecule has 0 fully saturated rings. The molecule has 0 radical (unpaired) electrons. The number of nitrogens with zero attached hydrogens (tertiary/aromatic N) is 2. The summed E-state index contributed by atoms with van der Waals surface area (Å²) in [6.45, 7) is 5.70. The molecule has 0 unspecified atom stereocenters. The van der Waals surface area contributed by atoms with Gasteiger partial charge in [-0.2, -0.15) is 0 Å². The topological polar surface area (TPSA) is 128 Å². The molecule has 10 nitrogen and oxygen atoms in total. The van der Waals surface area contributed by atoms with E-state index in [-0.39, 0.29) is 30.3 Å². The SMILES string of the molecule is CCOC(=O)c1cc(CN2C(=O)c3ccccc3C2=O)sc1NC(=O)c1ccc(OCc2c(C)noc2C)cc1. The molecule has 11 heteroatoms. The summed E-state index contributed by atoms with van der Waals surface area (Å²) in [5, 5.41) is 6.93. The zero-order valence-corrected chi connectivity index (χ0v) is 22.8. The fourth-order valence-corrected chi connectivity index (χ4v) is 5.28. The minimum absolute atomic E-state index is 0.0452. The van der Waals surface area contributed by atoms with E-state index in [0.29, 0.717) is 33.1 Å². The second-order valence-electron chi connectivity index (χ2n) is 8.99. The predicted octanol–water partition coefficient (Wildman–Crippen LogP) is 5.16. The van der Waals surface area contributed by atoms with E-state index in [1.807, 2.05) is 13.8 Å². The third kappa shape index (κ3) is 5.23. The molecule has 3 amide bonds. The molecule has 40 heavy (non-hydrogen) atoms. The van der Waals surface area contributed by atoms with Crippen molar-refractivity contribution in [2.45, 2.75) is 33.9 Å². The number of amides is 3. The maximum atomic E-state index is 13.1. The number of hydrogen-bond acceptors (Lipinski definition) is 9. The van der Waals surface area contributed by atoms with Crippen LogP contribution in [0.3, 0.4) is 0 Å². The lowest BCUT2D eigenvalue weighted by Crippen LogP contribution is -2.28. The van der Waals surface area contributed by atoms with Gasteiger partial charge in [-0.1, -0.05) is 17.3 Å². The molecule has 0 spiro atoms. The van der Waals surface area contributed by atoms with Gasteiger partial charge in [0.05, 0.1) is 41.1 Å². The molecule has 0 aliphatic carbocycles. The fourth-order valence-electron chi connectivity index (χ4n) is 4.25. The van der Waals surface area contributed by atoms with Crippen LogP contribution < -0.4 is 10.1 Å². The van der Waals surface area contributed by atoms with Gasteiger partial charge in [-0.05, 0) is 63.2 Å². The minimum atomic E-state index is -0.620. The number of aryl methyl sites for hydroxylation is 2. The van der Waals surface area contributed by atoms with Crippen LogP contribution in [0.2, 0.25) is 0 Å². The van der Waals surface area contributed by atoms with Gasteiger partial charge in [-0.15, -0.1) is 11.3 Å². The standard InChI is InChI=1S/C29H25N3O7S/c1-4-37-29(36)23-13-20(14-32-27(34)21-7-5-6-8-22(21)28(32)35)40-26(23)30-25(33)18-9-11-19(12-10-18)38-15-24-16(2)31-39-17(24)3/h5-13H,4,14-15H2,1-3H3,(H,30,33). The molecule has 3 heterocycles. The molecule has 1 N–H and O–H groups in total. The Morgan fingerprint density at radius 3 is 2.30 bits per heavy atom. The van der Waals surface area contributed by atoms with Crippen LogP contribution in [0.4, 0.5) is 5.00 Å². The normalized spacial score (nSPS) is 12.4. The van der Waals surface area contributed by atoms with Crippen molar-refractivity contribution in [1.82, 2.24) is 10.1 Å². The average Bonchev–Trinajstić information content (AvgIpc) is 3.58. The molecule has 0 bridgehead atoms. The van der Waals surface area contributed by atoms with Crippen LogP contribution in [0.5, 0.6) is 5.75 Å². The molecule has 0 saturated carbocycles. The number of esters is 1. The summed E-state index contributed by atoms with van der Waals surface area (Å²) in [6.07, 6.45) is 0. The summed E-state index contributed by atoms with van der Waals surface area (Å²) >= 11 is 1.10. The number of hydrogen-bond donors (Lipinski definition) is 1. The first-order valence-corrected chi connectivity index (χ1v) is 13.3. The van der Waals surface area contributed by atoms with Crippen molar-refractivity contribution >= 4 is 40.0 Å². The second kappa shape index (κ2) is 11.1. The molecule has 2 aromatic heterocycles. The molecule has 0 saturated heterocycles. The lowest BCUT2D eigenvalue weighted by molar-refractivity contribution is 0.0527. The number of fused-ring (bicyclic) bond motifs is 1. The van der Waals surface area contributed by atoms with Crippen LogP contribution in [-0.4, -0.2) is 40.4 Å². The zero-order valence-electron chi connectivity index (χ0n) is 22.0. The smallest absolute Gasteiger partial charge is 0.341 e. The number of carbonyl (C=O) groups is 4. The van der Waals surface area contributed by atoms with Crippen molar-refractivity contribution in [1.29, 1.82) is 0 Å². The Morgan fingerprint density at radius 1 is 1.02 bits per heavy atom. The van der Waals surface area contributed by atoms with Gasteiger partial charge in [0.2, 0.25) is 0 Å². The first kappa shape index (κ1) is 26.8. The van der Waals surface area contributed by atoms with Crippen molar-refractivity contribution in [3.05, 3.63) is 98.7 Å². The molecule has 2 aromatic carbocycles. The van der Waals surface area contributed by atoms with Gasteiger partial charge in [0, 0.05) is 10.4 Å². The lowest BCUT2D eigenvalue weighted by Gasteiger charge is -2.12. The quantitative estimate of drug-likeness (QED) is 0.220. The van der Waals surface area contributed by atoms with Gasteiger partial charge in [-0.3, -0.25) is 19.3 Å². The third-order valence-electron chi connectivity index (χ3n) is 6.38. The van der Waals surface area contributed by atoms with Crippen LogP contribution in [0.25, 0.3) is 0 Å². The van der Waals surface area contributed by atoms with Gasteiger partial charge in [-0.25, -0.2) is 4.79 Å². The first-order chi connectivity index (χ1) is 19.3. The van der Waals surface area contributed by atoms with Gasteiger partial charge in [0.25, 0.3) is 17.7 Å². The fraction of sp³-hybridized carbons (Fsp3) is 0.207. The van der Waals surface area contributed by atoms with Crippen molar-refractivity contribution in [3.63, 3.8) is 0 Å². The van der Waals surface area contributed by atoms with E-state index in [1.54, 1.807) is 55.5 Å². The molecule has 1 aliphatic heterocycles. The Kier molecular flexibility index (Phi) is 7.47. The highest BCUT2D eigenvalue weighted by Gasteiger charge is 2.35. The average molecular weight is 560 g/mol. The minimum Gasteiger partial charge on any atom is -0.489 e. The van der Waals surface area contributed by atoms with Crippen molar-refractivity contribution in [3.8, 4) is 5.75 Å². The number of rotatable bonds is 9. The lowest BCUT2D eigenvalue weighted by atomic mass is 10.1. The van der Waals surface area contributed by atoms with Crippen molar-refractivity contribution < 1.29 is 33.2 Å². The summed E-state index contributed by atoms with van der Waals surface area (Å²) in [5.74, 6) is -0.641. The van der Waals surface area contributed by atoms with Crippen LogP contribution in [-0.2, 0) is 17.9 Å². The Morgan fingerprint density at radius 2 is 1.70 bits per heavy atom. The van der Waals surface area contributed by atoms with Gasteiger partial charge in [0.15, 0.2) is 0 Å². The van der Waals surface area contributed by atoms with E-state index in [1.165, 1.54) is 6.07 Å². The summed E-state index contributed by atoms with van der Waals surface area (Å²) < 4.78 is 16.1.